The average molecular weight is 411 g/mol. The molecule has 3 heterocycles. The SMILES string of the molecule is CN=C(NO)[C@@H]1c2c(cnn2CCN=[N+]=[N-])[C@@H]2CN1C(=O)N2OCc1ccccc1. The van der Waals surface area contributed by atoms with Crippen LogP contribution in [0.3, 0.4) is 0 Å². The van der Waals surface area contributed by atoms with Gasteiger partial charge in [-0.1, -0.05) is 35.4 Å². The predicted molar refractivity (Wildman–Crippen MR) is 105 cm³/mol. The number of benzene rings is 1. The Balaban J connectivity index is 1.68. The van der Waals surface area contributed by atoms with Gasteiger partial charge >= 0.3 is 6.03 Å². The van der Waals surface area contributed by atoms with E-state index in [1.807, 2.05) is 30.3 Å². The molecule has 2 aliphatic heterocycles. The van der Waals surface area contributed by atoms with Crippen molar-refractivity contribution in [3.05, 3.63) is 63.8 Å². The highest BCUT2D eigenvalue weighted by molar-refractivity contribution is 5.93. The Bertz CT molecular complexity index is 1000. The maximum atomic E-state index is 13.2. The fourth-order valence-electron chi connectivity index (χ4n) is 3.89. The van der Waals surface area contributed by atoms with Crippen LogP contribution in [-0.4, -0.2) is 57.0 Å². The minimum Gasteiger partial charge on any atom is -0.304 e. The van der Waals surface area contributed by atoms with Gasteiger partial charge in [-0.15, -0.1) is 0 Å². The Kier molecular flexibility index (Phi) is 5.53. The molecule has 12 nitrogen and oxygen atoms in total. The minimum absolute atomic E-state index is 0.204. The molecule has 2 amide bonds. The molecule has 0 radical (unpaired) electrons. The van der Waals surface area contributed by atoms with Crippen molar-refractivity contribution < 1.29 is 14.8 Å². The van der Waals surface area contributed by atoms with Crippen LogP contribution in [0.4, 0.5) is 4.79 Å². The van der Waals surface area contributed by atoms with E-state index in [1.165, 1.54) is 12.1 Å². The van der Waals surface area contributed by atoms with Crippen LogP contribution in [0.5, 0.6) is 0 Å². The summed E-state index contributed by atoms with van der Waals surface area (Å²) in [4.78, 5) is 27.5. The first-order chi connectivity index (χ1) is 14.7. The zero-order chi connectivity index (χ0) is 21.1. The summed E-state index contributed by atoms with van der Waals surface area (Å²) in [6, 6.07) is 8.23. The number of aromatic nitrogens is 2. The van der Waals surface area contributed by atoms with Crippen LogP contribution in [0, 0.1) is 0 Å². The molecular formula is C18H21N9O3. The number of amidine groups is 1. The number of aliphatic imine (C=N–C) groups is 1. The van der Waals surface area contributed by atoms with E-state index in [-0.39, 0.29) is 31.1 Å². The highest BCUT2D eigenvalue weighted by atomic mass is 16.7. The molecule has 1 aromatic carbocycles. The van der Waals surface area contributed by atoms with Crippen LogP contribution < -0.4 is 5.48 Å². The highest BCUT2D eigenvalue weighted by Crippen LogP contribution is 2.44. The molecule has 2 atom stereocenters. The Morgan fingerprint density at radius 3 is 2.93 bits per heavy atom. The van der Waals surface area contributed by atoms with E-state index in [4.69, 9.17) is 10.4 Å². The quantitative estimate of drug-likeness (QED) is 0.179. The first kappa shape index (κ1) is 19.7. The molecule has 0 aliphatic carbocycles. The van der Waals surface area contributed by atoms with Crippen LogP contribution in [0.2, 0.25) is 0 Å². The molecular weight excluding hydrogens is 390 g/mol. The summed E-state index contributed by atoms with van der Waals surface area (Å²) in [6.45, 7) is 1.15. The number of urea groups is 1. The number of hydrogen-bond acceptors (Lipinski definition) is 6. The molecule has 30 heavy (non-hydrogen) atoms. The fraction of sp³-hybridized carbons (Fsp3) is 0.389. The van der Waals surface area contributed by atoms with Gasteiger partial charge in [-0.2, -0.15) is 10.2 Å². The first-order valence-electron chi connectivity index (χ1n) is 9.39. The van der Waals surface area contributed by atoms with Crippen LogP contribution in [0.25, 0.3) is 10.4 Å². The molecule has 1 fully saturated rings. The summed E-state index contributed by atoms with van der Waals surface area (Å²) in [6.07, 6.45) is 1.68. The van der Waals surface area contributed by atoms with E-state index in [2.05, 4.69) is 25.6 Å². The van der Waals surface area contributed by atoms with E-state index in [1.54, 1.807) is 15.8 Å². The Hall–Kier alpha value is -3.60. The lowest BCUT2D eigenvalue weighted by Crippen LogP contribution is -2.44. The van der Waals surface area contributed by atoms with Crippen molar-refractivity contribution in [1.29, 1.82) is 0 Å². The molecule has 4 rings (SSSR count). The number of azide groups is 1. The highest BCUT2D eigenvalue weighted by Gasteiger charge is 2.52. The average Bonchev–Trinajstić information content (AvgIpc) is 3.31. The molecule has 2 aliphatic rings. The Labute approximate surface area is 171 Å². The summed E-state index contributed by atoms with van der Waals surface area (Å²) in [7, 11) is 1.52. The van der Waals surface area contributed by atoms with E-state index in [0.717, 1.165) is 11.1 Å². The number of hydrogen-bond donors (Lipinski definition) is 2. The molecule has 2 N–H and O–H groups in total. The van der Waals surface area contributed by atoms with Gasteiger partial charge in [0, 0.05) is 30.6 Å². The van der Waals surface area contributed by atoms with Crippen molar-refractivity contribution in [3.8, 4) is 0 Å². The maximum absolute atomic E-state index is 13.2. The van der Waals surface area contributed by atoms with Crippen molar-refractivity contribution in [2.24, 2.45) is 10.1 Å². The Morgan fingerprint density at radius 1 is 1.43 bits per heavy atom. The van der Waals surface area contributed by atoms with Crippen molar-refractivity contribution in [1.82, 2.24) is 25.2 Å². The first-order valence-corrected chi connectivity index (χ1v) is 9.39. The van der Waals surface area contributed by atoms with E-state index in [9.17, 15) is 10.0 Å². The van der Waals surface area contributed by atoms with Gasteiger partial charge in [-0.05, 0) is 11.1 Å². The second-order valence-corrected chi connectivity index (χ2v) is 6.82. The summed E-state index contributed by atoms with van der Waals surface area (Å²) in [5, 5.41) is 19.0. The van der Waals surface area contributed by atoms with Gasteiger partial charge in [0.25, 0.3) is 0 Å². The third-order valence-corrected chi connectivity index (χ3v) is 5.23. The van der Waals surface area contributed by atoms with Crippen molar-refractivity contribution >= 4 is 11.9 Å². The summed E-state index contributed by atoms with van der Waals surface area (Å²) < 4.78 is 1.67. The maximum Gasteiger partial charge on any atom is 0.345 e. The molecule has 1 aromatic heterocycles. The lowest BCUT2D eigenvalue weighted by molar-refractivity contribution is -0.141. The molecule has 156 valence electrons. The monoisotopic (exact) mass is 411 g/mol. The van der Waals surface area contributed by atoms with E-state index < -0.39 is 6.04 Å². The van der Waals surface area contributed by atoms with E-state index >= 15 is 0 Å². The van der Waals surface area contributed by atoms with Gasteiger partial charge in [0.05, 0.1) is 18.4 Å². The molecule has 0 spiro atoms. The standard InChI is InChI=1S/C18H21N9O3/c1-20-17(23-29)16-15-13(9-22-26(15)8-7-21-24-19)14-10-25(16)18(28)27(14)30-11-12-5-3-2-4-6-12/h2-6,9,14,16,29H,7-8,10-11H2,1H3,(H,20,23)/t14-,16-/m0/s1. The second-order valence-electron chi connectivity index (χ2n) is 6.82. The molecule has 2 aromatic rings. The zero-order valence-corrected chi connectivity index (χ0v) is 16.3. The molecule has 2 bridgehead atoms. The third kappa shape index (κ3) is 3.32. The summed E-state index contributed by atoms with van der Waals surface area (Å²) in [5.41, 5.74) is 13.1. The van der Waals surface area contributed by atoms with Crippen LogP contribution in [0.15, 0.2) is 46.6 Å². The normalized spacial score (nSPS) is 20.2. The van der Waals surface area contributed by atoms with Crippen molar-refractivity contribution in [2.45, 2.75) is 25.2 Å². The number of nitrogens with zero attached hydrogens (tertiary/aromatic N) is 8. The number of amides is 2. The predicted octanol–water partition coefficient (Wildman–Crippen LogP) is 2.17. The summed E-state index contributed by atoms with van der Waals surface area (Å²) in [5.74, 6) is 0.207. The minimum atomic E-state index is -0.669. The zero-order valence-electron chi connectivity index (χ0n) is 16.3. The van der Waals surface area contributed by atoms with Crippen molar-refractivity contribution in [3.63, 3.8) is 0 Å². The van der Waals surface area contributed by atoms with Crippen LogP contribution >= 0.6 is 0 Å². The van der Waals surface area contributed by atoms with Crippen LogP contribution in [0.1, 0.15) is 28.9 Å². The summed E-state index contributed by atoms with van der Waals surface area (Å²) >= 11 is 0. The number of rotatable bonds is 7. The number of hydroxylamine groups is 3. The fourth-order valence-corrected chi connectivity index (χ4v) is 3.89. The van der Waals surface area contributed by atoms with Gasteiger partial charge in [0.1, 0.15) is 24.5 Å². The van der Waals surface area contributed by atoms with Gasteiger partial charge in [-0.3, -0.25) is 25.2 Å². The Morgan fingerprint density at radius 2 is 2.23 bits per heavy atom. The second kappa shape index (κ2) is 8.41. The lowest BCUT2D eigenvalue weighted by atomic mass is 9.97. The number of fused-ring (bicyclic) bond motifs is 4. The van der Waals surface area contributed by atoms with Crippen molar-refractivity contribution in [2.75, 3.05) is 20.1 Å². The van der Waals surface area contributed by atoms with Gasteiger partial charge < -0.3 is 4.90 Å². The number of carbonyl (C=O) groups is 1. The molecule has 1 saturated heterocycles. The van der Waals surface area contributed by atoms with Gasteiger partial charge in [0.2, 0.25) is 0 Å². The molecule has 0 unspecified atom stereocenters. The van der Waals surface area contributed by atoms with Gasteiger partial charge in [0.15, 0.2) is 0 Å². The van der Waals surface area contributed by atoms with E-state index in [0.29, 0.717) is 18.8 Å². The largest absolute Gasteiger partial charge is 0.345 e. The number of nitrogens with one attached hydrogen (secondary N) is 1. The molecule has 0 saturated carbocycles. The smallest absolute Gasteiger partial charge is 0.304 e. The van der Waals surface area contributed by atoms with Gasteiger partial charge in [-0.25, -0.2) is 4.79 Å². The topological polar surface area (TPSA) is 144 Å². The van der Waals surface area contributed by atoms with Crippen LogP contribution in [-0.2, 0) is 18.0 Å². The molecule has 12 heteroatoms. The third-order valence-electron chi connectivity index (χ3n) is 5.23. The number of carbonyl (C=O) groups excluding carboxylic acids is 1. The lowest BCUT2D eigenvalue weighted by Gasteiger charge is -2.31.